The van der Waals surface area contributed by atoms with Crippen molar-refractivity contribution in [2.24, 2.45) is 11.7 Å². The van der Waals surface area contributed by atoms with Crippen LogP contribution in [0.4, 0.5) is 0 Å². The molecule has 5 nitrogen and oxygen atoms in total. The third-order valence-electron chi connectivity index (χ3n) is 3.46. The zero-order valence-corrected chi connectivity index (χ0v) is 12.1. The van der Waals surface area contributed by atoms with Crippen molar-refractivity contribution in [3.8, 4) is 0 Å². The minimum absolute atomic E-state index is 0.207. The van der Waals surface area contributed by atoms with E-state index in [0.717, 1.165) is 25.7 Å². The van der Waals surface area contributed by atoms with Crippen LogP contribution in [-0.4, -0.2) is 30.2 Å². The van der Waals surface area contributed by atoms with Crippen molar-refractivity contribution < 1.29 is 19.1 Å². The van der Waals surface area contributed by atoms with E-state index in [4.69, 9.17) is 15.2 Å². The molecule has 1 atom stereocenters. The van der Waals surface area contributed by atoms with E-state index in [1.165, 1.54) is 0 Å². The van der Waals surface area contributed by atoms with Crippen LogP contribution in [0.25, 0.3) is 0 Å². The average Bonchev–Trinajstić information content (AvgIpc) is 2.73. The molecule has 0 aromatic heterocycles. The topological polar surface area (TPSA) is 78.6 Å². The van der Waals surface area contributed by atoms with Gasteiger partial charge in [-0.2, -0.15) is 0 Å². The lowest BCUT2D eigenvalue weighted by Gasteiger charge is -2.31. The van der Waals surface area contributed by atoms with Gasteiger partial charge in [0.1, 0.15) is 11.2 Å². The molecule has 0 heterocycles. The second kappa shape index (κ2) is 6.37. The number of hydrogen-bond donors (Lipinski definition) is 1. The van der Waals surface area contributed by atoms with Crippen LogP contribution >= 0.6 is 0 Å². The predicted octanol–water partition coefficient (Wildman–Crippen LogP) is 1.78. The second-order valence-electron chi connectivity index (χ2n) is 6.27. The number of esters is 1. The fraction of sp³-hybridized carbons (Fsp3) is 0.857. The summed E-state index contributed by atoms with van der Waals surface area (Å²) in [5.41, 5.74) is 4.63. The van der Waals surface area contributed by atoms with Crippen molar-refractivity contribution in [1.29, 1.82) is 0 Å². The van der Waals surface area contributed by atoms with E-state index < -0.39 is 17.1 Å². The summed E-state index contributed by atoms with van der Waals surface area (Å²) in [5.74, 6) is -0.729. The first-order chi connectivity index (χ1) is 8.82. The Hall–Kier alpha value is -1.10. The van der Waals surface area contributed by atoms with Gasteiger partial charge in [0, 0.05) is 13.0 Å². The number of carbonyl (C=O) groups excluding carboxylic acids is 2. The summed E-state index contributed by atoms with van der Waals surface area (Å²) in [7, 11) is 0. The molecule has 0 aliphatic heterocycles. The Morgan fingerprint density at radius 3 is 2.37 bits per heavy atom. The molecule has 0 bridgehead atoms. The van der Waals surface area contributed by atoms with Gasteiger partial charge in [0.05, 0.1) is 5.92 Å². The number of carbonyl (C=O) groups is 2. The first kappa shape index (κ1) is 16.0. The van der Waals surface area contributed by atoms with Crippen molar-refractivity contribution in [1.82, 2.24) is 0 Å². The van der Waals surface area contributed by atoms with E-state index in [2.05, 4.69) is 0 Å². The van der Waals surface area contributed by atoms with E-state index >= 15 is 0 Å². The molecule has 0 aromatic carbocycles. The van der Waals surface area contributed by atoms with Crippen LogP contribution in [0, 0.1) is 5.92 Å². The second-order valence-corrected chi connectivity index (χ2v) is 6.27. The van der Waals surface area contributed by atoms with Gasteiger partial charge in [-0.15, -0.1) is 0 Å². The molecule has 2 N–H and O–H groups in total. The van der Waals surface area contributed by atoms with Gasteiger partial charge in [0.15, 0.2) is 0 Å². The summed E-state index contributed by atoms with van der Waals surface area (Å²) in [6.45, 7) is 6.16. The lowest BCUT2D eigenvalue weighted by atomic mass is 9.88. The third kappa shape index (κ3) is 4.82. The summed E-state index contributed by atoms with van der Waals surface area (Å²) >= 11 is 0. The normalized spacial score (nSPS) is 19.8. The Morgan fingerprint density at radius 1 is 1.37 bits per heavy atom. The molecule has 1 aliphatic rings. The highest BCUT2D eigenvalue weighted by Crippen LogP contribution is 2.38. The molecular formula is C14H25NO4. The fourth-order valence-corrected chi connectivity index (χ4v) is 2.59. The molecule has 0 amide bonds. The molecule has 1 rings (SSSR count). The molecule has 0 radical (unpaired) electrons. The maximum atomic E-state index is 12.1. The Kier molecular flexibility index (Phi) is 5.35. The monoisotopic (exact) mass is 271 g/mol. The molecule has 5 heteroatoms. The van der Waals surface area contributed by atoms with Crippen LogP contribution < -0.4 is 5.73 Å². The van der Waals surface area contributed by atoms with Gasteiger partial charge in [0.2, 0.25) is 0 Å². The van der Waals surface area contributed by atoms with Gasteiger partial charge in [-0.25, -0.2) is 0 Å². The predicted molar refractivity (Wildman–Crippen MR) is 71.4 cm³/mol. The largest absolute Gasteiger partial charge is 0.461 e. The Labute approximate surface area is 114 Å². The maximum absolute atomic E-state index is 12.1. The molecule has 0 aromatic rings. The minimum Gasteiger partial charge on any atom is -0.461 e. The molecule has 1 saturated carbocycles. The molecule has 1 fully saturated rings. The van der Waals surface area contributed by atoms with Crippen molar-refractivity contribution in [2.45, 2.75) is 64.1 Å². The molecule has 0 saturated heterocycles. The van der Waals surface area contributed by atoms with E-state index in [1.807, 2.05) is 20.8 Å². The quantitative estimate of drug-likeness (QED) is 0.588. The van der Waals surface area contributed by atoms with Crippen LogP contribution in [-0.2, 0) is 19.1 Å². The third-order valence-corrected chi connectivity index (χ3v) is 3.46. The number of ether oxygens (including phenoxy) is 2. The Balaban J connectivity index is 2.69. The van der Waals surface area contributed by atoms with Crippen LogP contribution in [0.5, 0.6) is 0 Å². The van der Waals surface area contributed by atoms with Gasteiger partial charge < -0.3 is 15.2 Å². The smallest absolute Gasteiger partial charge is 0.310 e. The molecule has 19 heavy (non-hydrogen) atoms. The molecule has 1 aliphatic carbocycles. The van der Waals surface area contributed by atoms with Gasteiger partial charge in [-0.05, 0) is 46.5 Å². The molecule has 0 spiro atoms. The van der Waals surface area contributed by atoms with Crippen molar-refractivity contribution in [3.63, 3.8) is 0 Å². The zero-order chi connectivity index (χ0) is 14.5. The summed E-state index contributed by atoms with van der Waals surface area (Å²) < 4.78 is 10.6. The summed E-state index contributed by atoms with van der Waals surface area (Å²) in [6, 6.07) is 0. The van der Waals surface area contributed by atoms with Gasteiger partial charge in [0.25, 0.3) is 6.47 Å². The van der Waals surface area contributed by atoms with E-state index in [1.54, 1.807) is 0 Å². The number of rotatable bonds is 6. The first-order valence-corrected chi connectivity index (χ1v) is 6.86. The van der Waals surface area contributed by atoms with Crippen LogP contribution in [0.15, 0.2) is 0 Å². The van der Waals surface area contributed by atoms with E-state index in [0.29, 0.717) is 12.9 Å². The standard InChI is InChI=1S/C14H25NO4/c1-13(2,3)19-12(17)11(9-15)8-14(18-10-16)6-4-5-7-14/h10-11H,4-9,15H2,1-3H3/t11-/m0/s1. The number of nitrogens with two attached hydrogens (primary N) is 1. The van der Waals surface area contributed by atoms with Crippen LogP contribution in [0.3, 0.4) is 0 Å². The van der Waals surface area contributed by atoms with Gasteiger partial charge >= 0.3 is 5.97 Å². The lowest BCUT2D eigenvalue weighted by Crippen LogP contribution is -2.39. The summed E-state index contributed by atoms with van der Waals surface area (Å²) in [4.78, 5) is 22.7. The Morgan fingerprint density at radius 2 is 1.95 bits per heavy atom. The highest BCUT2D eigenvalue weighted by Gasteiger charge is 2.40. The summed E-state index contributed by atoms with van der Waals surface area (Å²) in [6.07, 6.45) is 4.08. The van der Waals surface area contributed by atoms with Crippen molar-refractivity contribution in [2.75, 3.05) is 6.54 Å². The molecular weight excluding hydrogens is 246 g/mol. The average molecular weight is 271 g/mol. The number of hydrogen-bond acceptors (Lipinski definition) is 5. The van der Waals surface area contributed by atoms with Gasteiger partial charge in [-0.3, -0.25) is 9.59 Å². The lowest BCUT2D eigenvalue weighted by molar-refractivity contribution is -0.165. The highest BCUT2D eigenvalue weighted by atomic mass is 16.6. The molecule has 110 valence electrons. The van der Waals surface area contributed by atoms with Crippen LogP contribution in [0.2, 0.25) is 0 Å². The zero-order valence-electron chi connectivity index (χ0n) is 12.1. The van der Waals surface area contributed by atoms with E-state index in [9.17, 15) is 9.59 Å². The van der Waals surface area contributed by atoms with E-state index in [-0.39, 0.29) is 12.5 Å². The first-order valence-electron chi connectivity index (χ1n) is 6.86. The maximum Gasteiger partial charge on any atom is 0.310 e. The SMILES string of the molecule is CC(C)(C)OC(=O)[C@H](CN)CC1(OC=O)CCCC1. The van der Waals surface area contributed by atoms with Crippen LogP contribution in [0.1, 0.15) is 52.9 Å². The Bertz CT molecular complexity index is 316. The van der Waals surface area contributed by atoms with Crippen molar-refractivity contribution >= 4 is 12.4 Å². The highest BCUT2D eigenvalue weighted by molar-refractivity contribution is 5.73. The minimum atomic E-state index is -0.529. The van der Waals surface area contributed by atoms with Crippen molar-refractivity contribution in [3.05, 3.63) is 0 Å². The van der Waals surface area contributed by atoms with Gasteiger partial charge in [-0.1, -0.05) is 0 Å². The fourth-order valence-electron chi connectivity index (χ4n) is 2.59. The molecule has 0 unspecified atom stereocenters. The summed E-state index contributed by atoms with van der Waals surface area (Å²) in [5, 5.41) is 0.